The van der Waals surface area contributed by atoms with E-state index in [4.69, 9.17) is 0 Å². The van der Waals surface area contributed by atoms with Gasteiger partial charge in [0.15, 0.2) is 0 Å². The SMILES string of the molecule is [C-]1=CCCCCCC1.[C-]1=CCCCCCC1.[I][Ir+2]. The van der Waals surface area contributed by atoms with Crippen molar-refractivity contribution in [2.75, 3.05) is 0 Å². The van der Waals surface area contributed by atoms with Crippen LogP contribution in [-0.2, 0) is 15.3 Å². The van der Waals surface area contributed by atoms with E-state index >= 15 is 0 Å². The molecule has 2 heteroatoms. The van der Waals surface area contributed by atoms with Gasteiger partial charge in [-0.25, -0.2) is 0 Å². The Hall–Kier alpha value is 0.859. The van der Waals surface area contributed by atoms with E-state index in [2.05, 4.69) is 43.9 Å². The van der Waals surface area contributed by atoms with E-state index in [0.29, 0.717) is 0 Å². The molecule has 0 aliphatic heterocycles. The first kappa shape index (κ1) is 18.9. The average molecular weight is 538 g/mol. The molecule has 0 amide bonds. The van der Waals surface area contributed by atoms with Gasteiger partial charge in [0.25, 0.3) is 0 Å². The molecule has 0 aromatic carbocycles. The second-order valence-corrected chi connectivity index (χ2v) is 4.72. The average Bonchev–Trinajstić information content (AvgIpc) is 2.30. The van der Waals surface area contributed by atoms with Crippen molar-refractivity contribution in [1.29, 1.82) is 0 Å². The molecule has 0 saturated heterocycles. The molecule has 0 atom stereocenters. The molecule has 2 rings (SSSR count). The molecule has 0 N–H and O–H groups in total. The van der Waals surface area contributed by atoms with Gasteiger partial charge in [-0.2, -0.15) is 12.8 Å². The van der Waals surface area contributed by atoms with Crippen molar-refractivity contribution in [2.45, 2.75) is 77.0 Å². The van der Waals surface area contributed by atoms with Gasteiger partial charge in [-0.3, -0.25) is 12.2 Å². The van der Waals surface area contributed by atoms with Gasteiger partial charge in [0, 0.05) is 0 Å². The summed E-state index contributed by atoms with van der Waals surface area (Å²) in [4.78, 5) is 0. The van der Waals surface area contributed by atoms with Crippen molar-refractivity contribution in [3.05, 3.63) is 24.3 Å². The van der Waals surface area contributed by atoms with Crippen LogP contribution in [0.4, 0.5) is 0 Å². The van der Waals surface area contributed by atoms with Crippen LogP contribution in [0.15, 0.2) is 12.2 Å². The Morgan fingerprint density at radius 3 is 1.44 bits per heavy atom. The van der Waals surface area contributed by atoms with Crippen LogP contribution in [0.5, 0.6) is 0 Å². The Bertz CT molecular complexity index is 157. The predicted octanol–water partition coefficient (Wildman–Crippen LogP) is 6.28. The number of hydrogen-bond donors (Lipinski definition) is 0. The first-order valence-corrected chi connectivity index (χ1v) is 14.0. The Morgan fingerprint density at radius 2 is 1.00 bits per heavy atom. The van der Waals surface area contributed by atoms with E-state index in [9.17, 15) is 0 Å². The van der Waals surface area contributed by atoms with Crippen molar-refractivity contribution in [2.24, 2.45) is 0 Å². The summed E-state index contributed by atoms with van der Waals surface area (Å²) >= 11 is 4.12. The van der Waals surface area contributed by atoms with Crippen molar-refractivity contribution in [3.63, 3.8) is 0 Å². The third kappa shape index (κ3) is 14.9. The van der Waals surface area contributed by atoms with E-state index in [1.165, 1.54) is 77.0 Å². The van der Waals surface area contributed by atoms with Crippen LogP contribution in [-0.4, -0.2) is 0 Å². The zero-order valence-electron chi connectivity index (χ0n) is 11.4. The summed E-state index contributed by atoms with van der Waals surface area (Å²) in [5.74, 6) is 0. The predicted molar refractivity (Wildman–Crippen MR) is 85.1 cm³/mol. The summed E-state index contributed by atoms with van der Waals surface area (Å²) in [5, 5.41) is 0. The fourth-order valence-electron chi connectivity index (χ4n) is 2.06. The van der Waals surface area contributed by atoms with Crippen LogP contribution < -0.4 is 0 Å². The van der Waals surface area contributed by atoms with Crippen LogP contribution >= 0.6 is 19.6 Å². The second kappa shape index (κ2) is 17.9. The maximum atomic E-state index is 3.26. The molecule has 0 bridgehead atoms. The number of allylic oxidation sites excluding steroid dienone is 4. The van der Waals surface area contributed by atoms with Crippen molar-refractivity contribution >= 4 is 19.6 Å². The number of rotatable bonds is 0. The van der Waals surface area contributed by atoms with Crippen LogP contribution in [0, 0.1) is 12.2 Å². The van der Waals surface area contributed by atoms with Crippen LogP contribution in [0.2, 0.25) is 0 Å². The molecular formula is C16H26IIr. The number of hydrogen-bond acceptors (Lipinski definition) is 0. The van der Waals surface area contributed by atoms with E-state index in [1.54, 1.807) is 0 Å². The molecule has 0 aromatic rings. The summed E-state index contributed by atoms with van der Waals surface area (Å²) < 4.78 is 0. The van der Waals surface area contributed by atoms with Gasteiger partial charge in [-0.05, 0) is 0 Å². The fourth-order valence-corrected chi connectivity index (χ4v) is 2.06. The molecule has 0 heterocycles. The number of halogens is 1. The Morgan fingerprint density at radius 1 is 0.611 bits per heavy atom. The van der Waals surface area contributed by atoms with Crippen molar-refractivity contribution in [3.8, 4) is 0 Å². The third-order valence-corrected chi connectivity index (χ3v) is 3.13. The van der Waals surface area contributed by atoms with Gasteiger partial charge in [-0.1, -0.05) is 64.2 Å². The topological polar surface area (TPSA) is 0 Å². The van der Waals surface area contributed by atoms with Gasteiger partial charge in [-0.15, -0.1) is 0 Å². The fraction of sp³-hybridized carbons (Fsp3) is 0.750. The van der Waals surface area contributed by atoms with Crippen molar-refractivity contribution < 1.29 is 15.3 Å². The summed E-state index contributed by atoms with van der Waals surface area (Å²) in [6, 6.07) is 0. The quantitative estimate of drug-likeness (QED) is 0.252. The molecule has 0 saturated carbocycles. The van der Waals surface area contributed by atoms with E-state index < -0.39 is 0 Å². The summed E-state index contributed by atoms with van der Waals surface area (Å²) in [7, 11) is 0. The zero-order valence-corrected chi connectivity index (χ0v) is 15.9. The second-order valence-electron chi connectivity index (χ2n) is 4.72. The van der Waals surface area contributed by atoms with Crippen LogP contribution in [0.3, 0.4) is 0 Å². The van der Waals surface area contributed by atoms with E-state index in [0.717, 1.165) is 0 Å². The molecule has 0 radical (unpaired) electrons. The van der Waals surface area contributed by atoms with Gasteiger partial charge in [0.1, 0.15) is 0 Å². The molecular weight excluding hydrogens is 511 g/mol. The standard InChI is InChI=1S/2C8H13.HI.Ir/c2*1-2-4-6-8-7-5-3-1;;/h2*1H,2,4-8H2;1H;/q2*-1;;+3/p-1. The molecule has 2 aliphatic rings. The first-order valence-electron chi connectivity index (χ1n) is 7.23. The maximum absolute atomic E-state index is 3.26. The summed E-state index contributed by atoms with van der Waals surface area (Å²) in [6.45, 7) is 0. The molecule has 0 fully saturated rings. The molecule has 0 spiro atoms. The first-order chi connectivity index (χ1) is 9.00. The van der Waals surface area contributed by atoms with Crippen molar-refractivity contribution in [1.82, 2.24) is 0 Å². The van der Waals surface area contributed by atoms with Gasteiger partial charge < -0.3 is 12.2 Å². The molecule has 0 nitrogen and oxygen atoms in total. The molecule has 2 aliphatic carbocycles. The monoisotopic (exact) mass is 538 g/mol. The molecule has 106 valence electrons. The minimum absolute atomic E-state index is 1.19. The zero-order chi connectivity index (χ0) is 13.3. The molecule has 0 aromatic heterocycles. The van der Waals surface area contributed by atoms with Gasteiger partial charge in [0.05, 0.1) is 0 Å². The summed E-state index contributed by atoms with van der Waals surface area (Å²) in [5.41, 5.74) is 0. The summed E-state index contributed by atoms with van der Waals surface area (Å²) in [6.07, 6.45) is 27.0. The van der Waals surface area contributed by atoms with Crippen LogP contribution in [0.25, 0.3) is 0 Å². The third-order valence-electron chi connectivity index (χ3n) is 3.13. The normalized spacial score (nSPS) is 19.9. The Balaban J connectivity index is 0.000000283. The molecule has 0 unspecified atom stereocenters. The van der Waals surface area contributed by atoms with Gasteiger partial charge >= 0.3 is 34.9 Å². The van der Waals surface area contributed by atoms with E-state index in [1.807, 2.05) is 15.3 Å². The molecule has 18 heavy (non-hydrogen) atoms. The Labute approximate surface area is 135 Å². The van der Waals surface area contributed by atoms with E-state index in [-0.39, 0.29) is 0 Å². The van der Waals surface area contributed by atoms with Gasteiger partial charge in [0.2, 0.25) is 0 Å². The minimum atomic E-state index is 1.19. The van der Waals surface area contributed by atoms with Crippen LogP contribution in [0.1, 0.15) is 77.0 Å². The Kier molecular flexibility index (Phi) is 18.7.